The highest BCUT2D eigenvalue weighted by Gasteiger charge is 2.03. The highest BCUT2D eigenvalue weighted by molar-refractivity contribution is 7.13. The molecular formula is C15H20N2OS. The lowest BCUT2D eigenvalue weighted by molar-refractivity contribution is 0.305. The van der Waals surface area contributed by atoms with E-state index >= 15 is 0 Å². The van der Waals surface area contributed by atoms with Gasteiger partial charge in [0.25, 0.3) is 0 Å². The van der Waals surface area contributed by atoms with Crippen LogP contribution in [0.4, 0.5) is 5.13 Å². The maximum atomic E-state index is 5.77. The van der Waals surface area contributed by atoms with E-state index in [0.29, 0.717) is 5.13 Å². The largest absolute Gasteiger partial charge is 0.494 e. The maximum absolute atomic E-state index is 5.77. The molecule has 0 aliphatic heterocycles. The minimum absolute atomic E-state index is 0.598. The number of hydrogen-bond acceptors (Lipinski definition) is 4. The number of ether oxygens (including phenoxy) is 1. The first-order chi connectivity index (χ1) is 9.29. The fourth-order valence-electron chi connectivity index (χ4n) is 1.88. The van der Waals surface area contributed by atoms with Crippen molar-refractivity contribution in [2.24, 2.45) is 0 Å². The summed E-state index contributed by atoms with van der Waals surface area (Å²) in [4.78, 5) is 4.28. The van der Waals surface area contributed by atoms with Crippen LogP contribution in [0.1, 0.15) is 32.6 Å². The summed E-state index contributed by atoms with van der Waals surface area (Å²) in [6.45, 7) is 2.99. The molecule has 4 heteroatoms. The van der Waals surface area contributed by atoms with Crippen molar-refractivity contribution in [3.05, 3.63) is 29.6 Å². The maximum Gasteiger partial charge on any atom is 0.180 e. The lowest BCUT2D eigenvalue weighted by Gasteiger charge is -2.07. The van der Waals surface area contributed by atoms with E-state index in [0.717, 1.165) is 30.0 Å². The van der Waals surface area contributed by atoms with Gasteiger partial charge in [-0.05, 0) is 18.6 Å². The summed E-state index contributed by atoms with van der Waals surface area (Å²) >= 11 is 1.46. The lowest BCUT2D eigenvalue weighted by Crippen LogP contribution is -1.97. The lowest BCUT2D eigenvalue weighted by atomic mass is 10.1. The number of rotatable bonds is 7. The van der Waals surface area contributed by atoms with Gasteiger partial charge >= 0.3 is 0 Å². The van der Waals surface area contributed by atoms with Crippen molar-refractivity contribution in [1.82, 2.24) is 4.98 Å². The van der Waals surface area contributed by atoms with Gasteiger partial charge in [0, 0.05) is 10.9 Å². The molecule has 1 aromatic carbocycles. The summed E-state index contributed by atoms with van der Waals surface area (Å²) in [5.41, 5.74) is 7.63. The molecule has 1 heterocycles. The normalized spacial score (nSPS) is 10.6. The van der Waals surface area contributed by atoms with Crippen LogP contribution >= 0.6 is 11.3 Å². The topological polar surface area (TPSA) is 48.1 Å². The number of nitrogens with zero attached hydrogens (tertiary/aromatic N) is 1. The molecule has 3 nitrogen and oxygen atoms in total. The van der Waals surface area contributed by atoms with Crippen LogP contribution in [0.5, 0.6) is 5.75 Å². The van der Waals surface area contributed by atoms with Crippen LogP contribution in [-0.4, -0.2) is 11.6 Å². The van der Waals surface area contributed by atoms with Crippen LogP contribution < -0.4 is 10.5 Å². The second kappa shape index (κ2) is 7.14. The number of anilines is 1. The molecule has 1 aromatic heterocycles. The van der Waals surface area contributed by atoms with Crippen LogP contribution in [0, 0.1) is 0 Å². The third kappa shape index (κ3) is 4.24. The number of benzene rings is 1. The molecule has 0 saturated carbocycles. The summed E-state index contributed by atoms with van der Waals surface area (Å²) in [6, 6.07) is 8.03. The SMILES string of the molecule is CCCCCCOc1cccc(-c2csc(N)n2)c1. The fourth-order valence-corrected chi connectivity index (χ4v) is 2.46. The van der Waals surface area contributed by atoms with E-state index in [4.69, 9.17) is 10.5 Å². The van der Waals surface area contributed by atoms with Crippen molar-refractivity contribution >= 4 is 16.5 Å². The fraction of sp³-hybridized carbons (Fsp3) is 0.400. The van der Waals surface area contributed by atoms with E-state index in [-0.39, 0.29) is 0 Å². The molecule has 0 aliphatic rings. The minimum atomic E-state index is 0.598. The van der Waals surface area contributed by atoms with E-state index < -0.39 is 0 Å². The summed E-state index contributed by atoms with van der Waals surface area (Å²) < 4.78 is 5.77. The van der Waals surface area contributed by atoms with Gasteiger partial charge in [0.05, 0.1) is 12.3 Å². The number of nitrogen functional groups attached to an aromatic ring is 1. The van der Waals surface area contributed by atoms with Gasteiger partial charge in [0.15, 0.2) is 5.13 Å². The van der Waals surface area contributed by atoms with E-state index in [1.54, 1.807) is 0 Å². The van der Waals surface area contributed by atoms with E-state index in [1.807, 2.05) is 29.6 Å². The molecule has 0 bridgehead atoms. The Morgan fingerprint density at radius 3 is 2.89 bits per heavy atom. The Bertz CT molecular complexity index is 510. The van der Waals surface area contributed by atoms with Gasteiger partial charge in [-0.15, -0.1) is 11.3 Å². The van der Waals surface area contributed by atoms with Crippen molar-refractivity contribution in [3.63, 3.8) is 0 Å². The zero-order chi connectivity index (χ0) is 13.5. The van der Waals surface area contributed by atoms with Crippen LogP contribution in [-0.2, 0) is 0 Å². The average molecular weight is 276 g/mol. The van der Waals surface area contributed by atoms with E-state index in [9.17, 15) is 0 Å². The van der Waals surface area contributed by atoms with Gasteiger partial charge in [0.1, 0.15) is 5.75 Å². The van der Waals surface area contributed by atoms with Gasteiger partial charge in [0.2, 0.25) is 0 Å². The quantitative estimate of drug-likeness (QED) is 0.765. The Hall–Kier alpha value is -1.55. The molecule has 0 unspecified atom stereocenters. The number of hydrogen-bond donors (Lipinski definition) is 1. The Labute approximate surface area is 118 Å². The van der Waals surface area contributed by atoms with Gasteiger partial charge < -0.3 is 10.5 Å². The summed E-state index contributed by atoms with van der Waals surface area (Å²) in [7, 11) is 0. The van der Waals surface area contributed by atoms with Crippen LogP contribution in [0.2, 0.25) is 0 Å². The van der Waals surface area contributed by atoms with Crippen molar-refractivity contribution in [3.8, 4) is 17.0 Å². The summed E-state index contributed by atoms with van der Waals surface area (Å²) in [5.74, 6) is 0.903. The molecule has 2 rings (SSSR count). The number of aromatic nitrogens is 1. The molecule has 0 atom stereocenters. The first-order valence-corrected chi connectivity index (χ1v) is 7.62. The van der Waals surface area contributed by atoms with Crippen molar-refractivity contribution < 1.29 is 4.74 Å². The van der Waals surface area contributed by atoms with Crippen molar-refractivity contribution in [1.29, 1.82) is 0 Å². The third-order valence-corrected chi connectivity index (χ3v) is 3.59. The van der Waals surface area contributed by atoms with Crippen molar-refractivity contribution in [2.75, 3.05) is 12.3 Å². The highest BCUT2D eigenvalue weighted by Crippen LogP contribution is 2.26. The molecule has 0 radical (unpaired) electrons. The Morgan fingerprint density at radius 2 is 2.16 bits per heavy atom. The van der Waals surface area contributed by atoms with E-state index in [1.165, 1.54) is 30.6 Å². The molecule has 0 aliphatic carbocycles. The standard InChI is InChI=1S/C15H20N2OS/c1-2-3-4-5-9-18-13-8-6-7-12(10-13)14-11-19-15(16)17-14/h6-8,10-11H,2-5,9H2,1H3,(H2,16,17). The van der Waals surface area contributed by atoms with Gasteiger partial charge in [-0.2, -0.15) is 0 Å². The first-order valence-electron chi connectivity index (χ1n) is 6.74. The van der Waals surface area contributed by atoms with Gasteiger partial charge in [-0.25, -0.2) is 4.98 Å². The van der Waals surface area contributed by atoms with Crippen LogP contribution in [0.15, 0.2) is 29.6 Å². The van der Waals surface area contributed by atoms with Crippen LogP contribution in [0.25, 0.3) is 11.3 Å². The Kier molecular flexibility index (Phi) is 5.21. The monoisotopic (exact) mass is 276 g/mol. The van der Waals surface area contributed by atoms with E-state index in [2.05, 4.69) is 11.9 Å². The van der Waals surface area contributed by atoms with Gasteiger partial charge in [-0.3, -0.25) is 0 Å². The summed E-state index contributed by atoms with van der Waals surface area (Å²) in [5, 5.41) is 2.57. The van der Waals surface area contributed by atoms with Crippen molar-refractivity contribution in [2.45, 2.75) is 32.6 Å². The molecule has 0 saturated heterocycles. The zero-order valence-corrected chi connectivity index (χ0v) is 12.1. The zero-order valence-electron chi connectivity index (χ0n) is 11.3. The molecule has 0 amide bonds. The first kappa shape index (κ1) is 13.9. The minimum Gasteiger partial charge on any atom is -0.494 e. The molecular weight excluding hydrogens is 256 g/mol. The predicted octanol–water partition coefficient (Wildman–Crippen LogP) is 4.35. The third-order valence-electron chi connectivity index (χ3n) is 2.92. The molecule has 102 valence electrons. The second-order valence-corrected chi connectivity index (χ2v) is 5.40. The predicted molar refractivity (Wildman–Crippen MR) is 81.6 cm³/mol. The molecule has 2 N–H and O–H groups in total. The molecule has 19 heavy (non-hydrogen) atoms. The van der Waals surface area contributed by atoms with Crippen LogP contribution in [0.3, 0.4) is 0 Å². The molecule has 2 aromatic rings. The number of thiazole rings is 1. The Balaban J connectivity index is 1.92. The Morgan fingerprint density at radius 1 is 1.26 bits per heavy atom. The smallest absolute Gasteiger partial charge is 0.180 e. The number of unbranched alkanes of at least 4 members (excludes halogenated alkanes) is 3. The highest BCUT2D eigenvalue weighted by atomic mass is 32.1. The van der Waals surface area contributed by atoms with Gasteiger partial charge in [-0.1, -0.05) is 38.3 Å². The number of nitrogens with two attached hydrogens (primary N) is 1. The average Bonchev–Trinajstić information content (AvgIpc) is 2.86. The molecule has 0 fully saturated rings. The molecule has 0 spiro atoms. The summed E-state index contributed by atoms with van der Waals surface area (Å²) in [6.07, 6.45) is 4.88. The second-order valence-electron chi connectivity index (χ2n) is 4.51.